The molecule has 1 heterocycles. The van der Waals surface area contributed by atoms with E-state index in [9.17, 15) is 0 Å². The topological polar surface area (TPSA) is 60.6 Å². The van der Waals surface area contributed by atoms with Gasteiger partial charge in [0.1, 0.15) is 0 Å². The number of rotatable bonds is 7. The molecule has 0 unspecified atom stereocenters. The Morgan fingerprint density at radius 1 is 1.44 bits per heavy atom. The van der Waals surface area contributed by atoms with Crippen LogP contribution in [0.5, 0.6) is 5.88 Å². The van der Waals surface area contributed by atoms with E-state index >= 15 is 0 Å². The van der Waals surface area contributed by atoms with E-state index in [2.05, 4.69) is 4.98 Å². The van der Waals surface area contributed by atoms with E-state index in [1.807, 2.05) is 18.0 Å². The molecule has 100 valence electrons. The third-order valence-electron chi connectivity index (χ3n) is 3.07. The van der Waals surface area contributed by atoms with Gasteiger partial charge in [0.25, 0.3) is 0 Å². The SMILES string of the molecule is COc1ccc(N)c(N(C)CCOCC2CC2)n1. The average Bonchev–Trinajstić information content (AvgIpc) is 3.19. The Morgan fingerprint density at radius 2 is 2.22 bits per heavy atom. The average molecular weight is 251 g/mol. The van der Waals surface area contributed by atoms with Gasteiger partial charge in [-0.15, -0.1) is 0 Å². The number of pyridine rings is 1. The largest absolute Gasteiger partial charge is 0.481 e. The minimum atomic E-state index is 0.574. The predicted molar refractivity (Wildman–Crippen MR) is 72.0 cm³/mol. The Labute approximate surface area is 108 Å². The number of ether oxygens (including phenoxy) is 2. The van der Waals surface area contributed by atoms with Gasteiger partial charge >= 0.3 is 0 Å². The number of nitrogens with zero attached hydrogens (tertiary/aromatic N) is 2. The Hall–Kier alpha value is -1.49. The molecule has 0 radical (unpaired) electrons. The second kappa shape index (κ2) is 5.91. The maximum absolute atomic E-state index is 5.91. The van der Waals surface area contributed by atoms with Gasteiger partial charge in [-0.1, -0.05) is 0 Å². The van der Waals surface area contributed by atoms with Crippen molar-refractivity contribution in [2.75, 3.05) is 44.5 Å². The first-order chi connectivity index (χ1) is 8.70. The fraction of sp³-hybridized carbons (Fsp3) is 0.615. The number of hydrogen-bond acceptors (Lipinski definition) is 5. The smallest absolute Gasteiger partial charge is 0.215 e. The van der Waals surface area contributed by atoms with Crippen molar-refractivity contribution in [3.63, 3.8) is 0 Å². The lowest BCUT2D eigenvalue weighted by Gasteiger charge is -2.20. The third kappa shape index (κ3) is 3.50. The molecule has 0 bridgehead atoms. The Kier molecular flexibility index (Phi) is 4.25. The third-order valence-corrected chi connectivity index (χ3v) is 3.07. The minimum absolute atomic E-state index is 0.574. The van der Waals surface area contributed by atoms with Crippen LogP contribution in [-0.2, 0) is 4.74 Å². The molecule has 0 amide bonds. The monoisotopic (exact) mass is 251 g/mol. The van der Waals surface area contributed by atoms with Crippen LogP contribution in [0.15, 0.2) is 12.1 Å². The minimum Gasteiger partial charge on any atom is -0.481 e. The molecule has 0 aromatic carbocycles. The summed E-state index contributed by atoms with van der Waals surface area (Å²) in [5.41, 5.74) is 6.56. The molecule has 0 aliphatic heterocycles. The van der Waals surface area contributed by atoms with E-state index in [0.717, 1.165) is 24.9 Å². The van der Waals surface area contributed by atoms with E-state index in [1.165, 1.54) is 12.8 Å². The lowest BCUT2D eigenvalue weighted by Crippen LogP contribution is -2.25. The van der Waals surface area contributed by atoms with Crippen molar-refractivity contribution in [1.29, 1.82) is 0 Å². The summed E-state index contributed by atoms with van der Waals surface area (Å²) in [7, 11) is 3.56. The standard InChI is InChI=1S/C13H21N3O2/c1-16(7-8-18-9-10-3-4-10)13-11(14)5-6-12(15-13)17-2/h5-6,10H,3-4,7-9,14H2,1-2H3. The summed E-state index contributed by atoms with van der Waals surface area (Å²) in [6.45, 7) is 2.36. The number of nitrogen functional groups attached to an aromatic ring is 1. The Bertz CT molecular complexity index is 394. The second-order valence-electron chi connectivity index (χ2n) is 4.71. The molecule has 18 heavy (non-hydrogen) atoms. The molecule has 1 aromatic rings. The van der Waals surface area contributed by atoms with E-state index in [4.69, 9.17) is 15.2 Å². The van der Waals surface area contributed by atoms with Crippen molar-refractivity contribution in [2.24, 2.45) is 5.92 Å². The van der Waals surface area contributed by atoms with Gasteiger partial charge in [-0.2, -0.15) is 4.98 Å². The molecular formula is C13H21N3O2. The fourth-order valence-corrected chi connectivity index (χ4v) is 1.70. The first-order valence-electron chi connectivity index (χ1n) is 6.30. The maximum atomic E-state index is 5.91. The lowest BCUT2D eigenvalue weighted by atomic mass is 10.3. The van der Waals surface area contributed by atoms with Crippen LogP contribution in [0.25, 0.3) is 0 Å². The fourth-order valence-electron chi connectivity index (χ4n) is 1.70. The highest BCUT2D eigenvalue weighted by molar-refractivity contribution is 5.63. The summed E-state index contributed by atoms with van der Waals surface area (Å²) < 4.78 is 10.7. The molecule has 0 spiro atoms. The van der Waals surface area contributed by atoms with Crippen LogP contribution in [0.3, 0.4) is 0 Å². The lowest BCUT2D eigenvalue weighted by molar-refractivity contribution is 0.131. The molecular weight excluding hydrogens is 230 g/mol. The van der Waals surface area contributed by atoms with Gasteiger partial charge in [-0.25, -0.2) is 0 Å². The van der Waals surface area contributed by atoms with Crippen LogP contribution in [0.1, 0.15) is 12.8 Å². The normalized spacial score (nSPS) is 14.6. The summed E-state index contributed by atoms with van der Waals surface area (Å²) in [6, 6.07) is 3.57. The van der Waals surface area contributed by atoms with Crippen LogP contribution >= 0.6 is 0 Å². The van der Waals surface area contributed by atoms with Crippen molar-refractivity contribution in [1.82, 2.24) is 4.98 Å². The van der Waals surface area contributed by atoms with E-state index in [0.29, 0.717) is 18.2 Å². The van der Waals surface area contributed by atoms with Gasteiger partial charge < -0.3 is 20.1 Å². The van der Waals surface area contributed by atoms with Crippen LogP contribution in [0.4, 0.5) is 11.5 Å². The Morgan fingerprint density at radius 3 is 2.89 bits per heavy atom. The first-order valence-corrected chi connectivity index (χ1v) is 6.30. The van der Waals surface area contributed by atoms with Crippen molar-refractivity contribution in [3.05, 3.63) is 12.1 Å². The molecule has 0 atom stereocenters. The molecule has 1 fully saturated rings. The van der Waals surface area contributed by atoms with Crippen LogP contribution in [-0.4, -0.2) is 38.9 Å². The molecule has 2 N–H and O–H groups in total. The zero-order valence-electron chi connectivity index (χ0n) is 11.1. The number of aromatic nitrogens is 1. The molecule has 2 rings (SSSR count). The molecule has 5 nitrogen and oxygen atoms in total. The van der Waals surface area contributed by atoms with Crippen LogP contribution in [0.2, 0.25) is 0 Å². The highest BCUT2D eigenvalue weighted by Crippen LogP contribution is 2.28. The van der Waals surface area contributed by atoms with Crippen molar-refractivity contribution < 1.29 is 9.47 Å². The van der Waals surface area contributed by atoms with Gasteiger partial charge in [0, 0.05) is 26.3 Å². The number of likely N-dealkylation sites (N-methyl/N-ethyl adjacent to an activating group) is 1. The van der Waals surface area contributed by atoms with Crippen LogP contribution in [0, 0.1) is 5.92 Å². The van der Waals surface area contributed by atoms with Crippen LogP contribution < -0.4 is 15.4 Å². The van der Waals surface area contributed by atoms with Gasteiger partial charge in [0.15, 0.2) is 5.82 Å². The summed E-state index contributed by atoms with van der Waals surface area (Å²) in [5.74, 6) is 2.12. The number of nitrogens with two attached hydrogens (primary N) is 1. The van der Waals surface area contributed by atoms with Gasteiger partial charge in [0.2, 0.25) is 5.88 Å². The highest BCUT2D eigenvalue weighted by atomic mass is 16.5. The van der Waals surface area contributed by atoms with Crippen molar-refractivity contribution >= 4 is 11.5 Å². The Balaban J connectivity index is 1.84. The highest BCUT2D eigenvalue weighted by Gasteiger charge is 2.21. The van der Waals surface area contributed by atoms with Crippen molar-refractivity contribution in [3.8, 4) is 5.88 Å². The van der Waals surface area contributed by atoms with Gasteiger partial charge in [-0.05, 0) is 24.8 Å². The molecule has 0 saturated heterocycles. The molecule has 5 heteroatoms. The van der Waals surface area contributed by atoms with E-state index in [1.54, 1.807) is 13.2 Å². The summed E-state index contributed by atoms with van der Waals surface area (Å²) in [6.07, 6.45) is 2.64. The summed E-state index contributed by atoms with van der Waals surface area (Å²) >= 11 is 0. The maximum Gasteiger partial charge on any atom is 0.215 e. The molecule has 1 saturated carbocycles. The zero-order valence-corrected chi connectivity index (χ0v) is 11.1. The van der Waals surface area contributed by atoms with E-state index in [-0.39, 0.29) is 0 Å². The molecule has 1 aromatic heterocycles. The first kappa shape index (κ1) is 13.0. The number of anilines is 2. The quantitative estimate of drug-likeness (QED) is 0.745. The number of hydrogen-bond donors (Lipinski definition) is 1. The summed E-state index contributed by atoms with van der Waals surface area (Å²) in [4.78, 5) is 6.33. The van der Waals surface area contributed by atoms with Gasteiger partial charge in [0.05, 0.1) is 19.4 Å². The summed E-state index contributed by atoms with van der Waals surface area (Å²) in [5, 5.41) is 0. The molecule has 1 aliphatic rings. The van der Waals surface area contributed by atoms with E-state index < -0.39 is 0 Å². The second-order valence-corrected chi connectivity index (χ2v) is 4.71. The number of methoxy groups -OCH3 is 1. The predicted octanol–water partition coefficient (Wildman–Crippen LogP) is 1.54. The molecule has 1 aliphatic carbocycles. The zero-order chi connectivity index (χ0) is 13.0. The van der Waals surface area contributed by atoms with Crippen molar-refractivity contribution in [2.45, 2.75) is 12.8 Å². The van der Waals surface area contributed by atoms with Gasteiger partial charge in [-0.3, -0.25) is 0 Å².